The van der Waals surface area contributed by atoms with E-state index in [-0.39, 0.29) is 16.3 Å². The van der Waals surface area contributed by atoms with Crippen LogP contribution in [0.3, 0.4) is 0 Å². The van der Waals surface area contributed by atoms with E-state index in [0.717, 1.165) is 11.6 Å². The molecule has 0 saturated carbocycles. The number of rotatable bonds is 2. The number of nitrogens with one attached hydrogen (secondary N) is 1. The van der Waals surface area contributed by atoms with E-state index in [4.69, 9.17) is 11.6 Å². The molecule has 0 unspecified atom stereocenters. The molecule has 0 radical (unpaired) electrons. The number of hydrogen-bond acceptors (Lipinski definition) is 1. The topological polar surface area (TPSA) is 29.1 Å². The van der Waals surface area contributed by atoms with Crippen molar-refractivity contribution < 1.29 is 13.6 Å². The minimum absolute atomic E-state index is 0.00458. The van der Waals surface area contributed by atoms with Gasteiger partial charge in [-0.25, -0.2) is 8.78 Å². The molecule has 0 bridgehead atoms. The van der Waals surface area contributed by atoms with Gasteiger partial charge in [-0.05, 0) is 42.8 Å². The predicted octanol–water partition coefficient (Wildman–Crippen LogP) is 4.18. The van der Waals surface area contributed by atoms with Crippen molar-refractivity contribution in [1.82, 2.24) is 0 Å². The van der Waals surface area contributed by atoms with Crippen LogP contribution < -0.4 is 5.32 Å². The lowest BCUT2D eigenvalue weighted by atomic mass is 10.1. The van der Waals surface area contributed by atoms with Crippen LogP contribution in [0.4, 0.5) is 14.5 Å². The highest BCUT2D eigenvalue weighted by Gasteiger charge is 2.14. The third-order valence-corrected chi connectivity index (χ3v) is 2.78. The number of anilines is 1. The van der Waals surface area contributed by atoms with Crippen LogP contribution in [0.1, 0.15) is 15.9 Å². The molecule has 2 rings (SSSR count). The van der Waals surface area contributed by atoms with E-state index in [1.54, 1.807) is 13.0 Å². The van der Waals surface area contributed by atoms with E-state index in [1.165, 1.54) is 24.3 Å². The number of hydrogen-bond donors (Lipinski definition) is 1. The summed E-state index contributed by atoms with van der Waals surface area (Å²) in [6.45, 7) is 1.73. The van der Waals surface area contributed by atoms with Gasteiger partial charge in [-0.3, -0.25) is 4.79 Å². The Labute approximate surface area is 114 Å². The number of amides is 1. The smallest absolute Gasteiger partial charge is 0.258 e. The highest BCUT2D eigenvalue weighted by molar-refractivity contribution is 6.30. The van der Waals surface area contributed by atoms with Gasteiger partial charge in [0.2, 0.25) is 0 Å². The number of benzene rings is 2. The minimum Gasteiger partial charge on any atom is -0.319 e. The molecule has 1 N–H and O–H groups in total. The summed E-state index contributed by atoms with van der Waals surface area (Å²) >= 11 is 5.59. The van der Waals surface area contributed by atoms with Crippen molar-refractivity contribution in [2.24, 2.45) is 0 Å². The molecular formula is C14H10ClF2NO. The Hall–Kier alpha value is -1.94. The fourth-order valence-corrected chi connectivity index (χ4v) is 1.74. The maximum absolute atomic E-state index is 13.6. The van der Waals surface area contributed by atoms with Crippen LogP contribution in [0.2, 0.25) is 5.02 Å². The molecule has 0 heterocycles. The van der Waals surface area contributed by atoms with Crippen molar-refractivity contribution >= 4 is 23.2 Å². The maximum Gasteiger partial charge on any atom is 0.258 e. The van der Waals surface area contributed by atoms with Crippen molar-refractivity contribution in [2.75, 3.05) is 5.32 Å². The van der Waals surface area contributed by atoms with Crippen molar-refractivity contribution in [3.8, 4) is 0 Å². The molecule has 0 aromatic heterocycles. The Morgan fingerprint density at radius 2 is 1.84 bits per heavy atom. The Balaban J connectivity index is 2.25. The zero-order chi connectivity index (χ0) is 14.0. The number of carbonyl (C=O) groups excluding carboxylic acids is 1. The summed E-state index contributed by atoms with van der Waals surface area (Å²) in [7, 11) is 0. The molecule has 0 aliphatic heterocycles. The fourth-order valence-electron chi connectivity index (χ4n) is 1.58. The fraction of sp³-hybridized carbons (Fsp3) is 0.0714. The molecule has 0 aliphatic carbocycles. The van der Waals surface area contributed by atoms with E-state index in [1.807, 2.05) is 0 Å². The molecule has 1 amide bonds. The van der Waals surface area contributed by atoms with Gasteiger partial charge < -0.3 is 5.32 Å². The summed E-state index contributed by atoms with van der Waals surface area (Å²) in [5.41, 5.74) is 0.544. The number of halogens is 3. The molecule has 98 valence electrons. The molecule has 0 atom stereocenters. The quantitative estimate of drug-likeness (QED) is 0.879. The summed E-state index contributed by atoms with van der Waals surface area (Å²) in [6.07, 6.45) is 0. The molecule has 0 fully saturated rings. The Bertz CT molecular complexity index is 643. The van der Waals surface area contributed by atoms with E-state index in [9.17, 15) is 13.6 Å². The van der Waals surface area contributed by atoms with Gasteiger partial charge in [-0.15, -0.1) is 0 Å². The summed E-state index contributed by atoms with van der Waals surface area (Å²) in [5.74, 6) is -2.04. The monoisotopic (exact) mass is 281 g/mol. The molecule has 0 aliphatic rings. The second-order valence-corrected chi connectivity index (χ2v) is 4.50. The molecule has 19 heavy (non-hydrogen) atoms. The molecule has 2 aromatic rings. The average molecular weight is 282 g/mol. The SMILES string of the molecule is Cc1ccc(NC(=O)c2ccc(Cl)cc2F)c(F)c1. The Morgan fingerprint density at radius 3 is 2.47 bits per heavy atom. The third kappa shape index (κ3) is 3.09. The zero-order valence-corrected chi connectivity index (χ0v) is 10.8. The summed E-state index contributed by atoms with van der Waals surface area (Å²) < 4.78 is 27.1. The van der Waals surface area contributed by atoms with Crippen LogP contribution in [0.5, 0.6) is 0 Å². The average Bonchev–Trinajstić information content (AvgIpc) is 2.32. The first-order chi connectivity index (χ1) is 8.97. The minimum atomic E-state index is -0.752. The van der Waals surface area contributed by atoms with Crippen molar-refractivity contribution in [3.05, 3.63) is 64.2 Å². The summed E-state index contributed by atoms with van der Waals surface area (Å²) in [5, 5.41) is 2.51. The highest BCUT2D eigenvalue weighted by Crippen LogP contribution is 2.19. The standard InChI is InChI=1S/C14H10ClF2NO/c1-8-2-5-13(12(17)6-8)18-14(19)10-4-3-9(15)7-11(10)16/h2-7H,1H3,(H,18,19). The third-order valence-electron chi connectivity index (χ3n) is 2.55. The van der Waals surface area contributed by atoms with Crippen molar-refractivity contribution in [2.45, 2.75) is 6.92 Å². The van der Waals surface area contributed by atoms with Gasteiger partial charge in [0.15, 0.2) is 0 Å². The van der Waals surface area contributed by atoms with Crippen LogP contribution in [-0.4, -0.2) is 5.91 Å². The predicted molar refractivity (Wildman–Crippen MR) is 70.5 cm³/mol. The molecule has 0 saturated heterocycles. The van der Waals surface area contributed by atoms with Crippen LogP contribution in [0.15, 0.2) is 36.4 Å². The van der Waals surface area contributed by atoms with Crippen LogP contribution in [0.25, 0.3) is 0 Å². The lowest BCUT2D eigenvalue weighted by Gasteiger charge is -2.08. The van der Waals surface area contributed by atoms with Gasteiger partial charge in [0.05, 0.1) is 11.3 Å². The maximum atomic E-state index is 13.6. The Kier molecular flexibility index (Phi) is 3.81. The largest absolute Gasteiger partial charge is 0.319 e. The summed E-state index contributed by atoms with van der Waals surface area (Å²) in [4.78, 5) is 11.8. The van der Waals surface area contributed by atoms with Gasteiger partial charge >= 0.3 is 0 Å². The lowest BCUT2D eigenvalue weighted by Crippen LogP contribution is -2.14. The van der Waals surface area contributed by atoms with Crippen molar-refractivity contribution in [3.63, 3.8) is 0 Å². The van der Waals surface area contributed by atoms with Gasteiger partial charge in [-0.1, -0.05) is 17.7 Å². The molecule has 2 nitrogen and oxygen atoms in total. The summed E-state index contributed by atoms with van der Waals surface area (Å²) in [6, 6.07) is 8.03. The zero-order valence-electron chi connectivity index (χ0n) is 10.0. The van der Waals surface area contributed by atoms with Gasteiger partial charge in [0.25, 0.3) is 5.91 Å². The van der Waals surface area contributed by atoms with Crippen LogP contribution in [-0.2, 0) is 0 Å². The first-order valence-electron chi connectivity index (χ1n) is 5.50. The molecule has 5 heteroatoms. The first kappa shape index (κ1) is 13.5. The van der Waals surface area contributed by atoms with Gasteiger partial charge in [0, 0.05) is 5.02 Å². The molecule has 0 spiro atoms. The van der Waals surface area contributed by atoms with Crippen molar-refractivity contribution in [1.29, 1.82) is 0 Å². The van der Waals surface area contributed by atoms with E-state index >= 15 is 0 Å². The van der Waals surface area contributed by atoms with E-state index in [2.05, 4.69) is 5.32 Å². The normalized spacial score (nSPS) is 10.3. The Morgan fingerprint density at radius 1 is 1.11 bits per heavy atom. The molecular weight excluding hydrogens is 272 g/mol. The number of carbonyl (C=O) groups is 1. The highest BCUT2D eigenvalue weighted by atomic mass is 35.5. The number of aryl methyl sites for hydroxylation is 1. The van der Waals surface area contributed by atoms with Crippen LogP contribution >= 0.6 is 11.6 Å². The second kappa shape index (κ2) is 5.36. The van der Waals surface area contributed by atoms with Gasteiger partial charge in [0.1, 0.15) is 11.6 Å². The second-order valence-electron chi connectivity index (χ2n) is 4.06. The van der Waals surface area contributed by atoms with Gasteiger partial charge in [-0.2, -0.15) is 0 Å². The van der Waals surface area contributed by atoms with E-state index < -0.39 is 17.5 Å². The molecule has 2 aromatic carbocycles. The van der Waals surface area contributed by atoms with E-state index in [0.29, 0.717) is 0 Å². The lowest BCUT2D eigenvalue weighted by molar-refractivity contribution is 0.102. The van der Waals surface area contributed by atoms with Crippen LogP contribution in [0, 0.1) is 18.6 Å². The first-order valence-corrected chi connectivity index (χ1v) is 5.88.